The molecule has 0 N–H and O–H groups in total. The predicted molar refractivity (Wildman–Crippen MR) is 71.5 cm³/mol. The average Bonchev–Trinajstić information content (AvgIpc) is 2.19. The van der Waals surface area contributed by atoms with Crippen molar-refractivity contribution in [2.75, 3.05) is 13.4 Å². The van der Waals surface area contributed by atoms with Crippen molar-refractivity contribution < 1.29 is 9.47 Å². The Labute approximate surface area is 106 Å². The zero-order valence-electron chi connectivity index (χ0n) is 10.00. The van der Waals surface area contributed by atoms with E-state index in [0.29, 0.717) is 6.79 Å². The van der Waals surface area contributed by atoms with Crippen LogP contribution in [0.25, 0.3) is 0 Å². The van der Waals surface area contributed by atoms with Crippen molar-refractivity contribution in [3.8, 4) is 5.75 Å². The van der Waals surface area contributed by atoms with E-state index >= 15 is 0 Å². The van der Waals surface area contributed by atoms with E-state index in [9.17, 15) is 0 Å². The molecule has 0 saturated carbocycles. The quantitative estimate of drug-likeness (QED) is 0.349. The fourth-order valence-electron chi connectivity index (χ4n) is 0.995. The number of halogens is 1. The maximum atomic E-state index is 5.42. The molecule has 0 unspecified atom stereocenters. The first-order valence-electron chi connectivity index (χ1n) is 5.29. The van der Waals surface area contributed by atoms with Gasteiger partial charge in [-0.3, -0.25) is 0 Å². The number of hydrogen-bond acceptors (Lipinski definition) is 3. The summed E-state index contributed by atoms with van der Waals surface area (Å²) in [7, 11) is -0.993. The van der Waals surface area contributed by atoms with Crippen LogP contribution in [-0.2, 0) is 4.74 Å². The van der Waals surface area contributed by atoms with Crippen molar-refractivity contribution in [3.05, 3.63) is 22.9 Å². The molecule has 0 saturated heterocycles. The molecule has 0 aliphatic rings. The molecular weight excluding hydrogens is 286 g/mol. The molecule has 1 rings (SSSR count). The molecule has 1 heterocycles. The molecule has 16 heavy (non-hydrogen) atoms. The van der Waals surface area contributed by atoms with Gasteiger partial charge in [-0.2, -0.15) is 0 Å². The highest BCUT2D eigenvalue weighted by Crippen LogP contribution is 2.13. The van der Waals surface area contributed by atoms with Crippen LogP contribution in [0.1, 0.15) is 0 Å². The van der Waals surface area contributed by atoms with Crippen LogP contribution in [-0.4, -0.2) is 26.5 Å². The zero-order valence-corrected chi connectivity index (χ0v) is 12.6. The molecule has 90 valence electrons. The smallest absolute Gasteiger partial charge is 0.189 e. The Kier molecular flexibility index (Phi) is 5.44. The van der Waals surface area contributed by atoms with Crippen molar-refractivity contribution in [1.29, 1.82) is 0 Å². The molecule has 0 aliphatic carbocycles. The summed E-state index contributed by atoms with van der Waals surface area (Å²) in [4.78, 5) is 4.06. The van der Waals surface area contributed by atoms with Gasteiger partial charge in [0.2, 0.25) is 0 Å². The van der Waals surface area contributed by atoms with Crippen LogP contribution in [0.3, 0.4) is 0 Å². The number of nitrogens with zero attached hydrogens (tertiary/aromatic N) is 1. The lowest BCUT2D eigenvalue weighted by molar-refractivity contribution is 0.0218. The second-order valence-corrected chi connectivity index (χ2v) is 11.2. The van der Waals surface area contributed by atoms with E-state index in [0.717, 1.165) is 23.0 Å². The fraction of sp³-hybridized carbons (Fsp3) is 0.545. The standard InChI is InChI=1S/C11H18BrNO2Si/c1-16(2,3)7-6-14-9-15-10-4-5-11(12)13-8-10/h4-5,8H,6-7,9H2,1-3H3. The Hall–Kier alpha value is -0.393. The number of aromatic nitrogens is 1. The van der Waals surface area contributed by atoms with Crippen molar-refractivity contribution in [1.82, 2.24) is 4.98 Å². The Bertz CT molecular complexity index is 311. The van der Waals surface area contributed by atoms with E-state index in [1.165, 1.54) is 0 Å². The minimum absolute atomic E-state index is 0.299. The molecule has 0 aromatic carbocycles. The molecule has 0 fully saturated rings. The molecule has 0 bridgehead atoms. The zero-order chi connectivity index (χ0) is 12.0. The topological polar surface area (TPSA) is 31.4 Å². The van der Waals surface area contributed by atoms with Gasteiger partial charge < -0.3 is 9.47 Å². The van der Waals surface area contributed by atoms with Gasteiger partial charge in [0, 0.05) is 14.7 Å². The van der Waals surface area contributed by atoms with Gasteiger partial charge in [0.1, 0.15) is 10.4 Å². The highest BCUT2D eigenvalue weighted by Gasteiger charge is 2.11. The van der Waals surface area contributed by atoms with Crippen molar-refractivity contribution >= 4 is 24.0 Å². The van der Waals surface area contributed by atoms with Crippen LogP contribution < -0.4 is 4.74 Å². The third-order valence-corrected chi connectivity index (χ3v) is 4.18. The van der Waals surface area contributed by atoms with Crippen molar-refractivity contribution in [2.24, 2.45) is 0 Å². The summed E-state index contributed by atoms with van der Waals surface area (Å²) < 4.78 is 11.6. The lowest BCUT2D eigenvalue weighted by Gasteiger charge is -2.15. The summed E-state index contributed by atoms with van der Waals surface area (Å²) in [5, 5.41) is 0. The molecule has 0 spiro atoms. The molecule has 0 aliphatic heterocycles. The summed E-state index contributed by atoms with van der Waals surface area (Å²) >= 11 is 3.27. The first-order chi connectivity index (χ1) is 7.47. The minimum atomic E-state index is -0.993. The number of hydrogen-bond donors (Lipinski definition) is 0. The molecule has 1 aromatic rings. The monoisotopic (exact) mass is 303 g/mol. The van der Waals surface area contributed by atoms with Gasteiger partial charge >= 0.3 is 0 Å². The maximum absolute atomic E-state index is 5.42. The van der Waals surface area contributed by atoms with Crippen LogP contribution in [0.4, 0.5) is 0 Å². The van der Waals surface area contributed by atoms with E-state index in [2.05, 4.69) is 40.6 Å². The van der Waals surface area contributed by atoms with Crippen LogP contribution >= 0.6 is 15.9 Å². The van der Waals surface area contributed by atoms with E-state index in [1.54, 1.807) is 6.20 Å². The normalized spacial score (nSPS) is 11.5. The third-order valence-electron chi connectivity index (χ3n) is 2.01. The highest BCUT2D eigenvalue weighted by molar-refractivity contribution is 9.10. The van der Waals surface area contributed by atoms with Gasteiger partial charge in [-0.25, -0.2) is 4.98 Å². The SMILES string of the molecule is C[Si](C)(C)CCOCOc1ccc(Br)nc1. The first-order valence-corrected chi connectivity index (χ1v) is 9.79. The average molecular weight is 304 g/mol. The second kappa shape index (κ2) is 6.37. The van der Waals surface area contributed by atoms with Crippen LogP contribution in [0, 0.1) is 0 Å². The summed E-state index contributed by atoms with van der Waals surface area (Å²) in [5.74, 6) is 0.733. The minimum Gasteiger partial charge on any atom is -0.466 e. The number of ether oxygens (including phenoxy) is 2. The summed E-state index contributed by atoms with van der Waals surface area (Å²) in [6.45, 7) is 8.06. The molecular formula is C11H18BrNO2Si. The summed E-state index contributed by atoms with van der Waals surface area (Å²) in [5.41, 5.74) is 0. The Balaban J connectivity index is 2.14. The molecule has 0 amide bonds. The van der Waals surface area contributed by atoms with Gasteiger partial charge in [0.15, 0.2) is 6.79 Å². The van der Waals surface area contributed by atoms with Gasteiger partial charge in [-0.1, -0.05) is 19.6 Å². The fourth-order valence-corrected chi connectivity index (χ4v) is 1.99. The van der Waals surface area contributed by atoms with E-state index in [4.69, 9.17) is 9.47 Å². The molecule has 3 nitrogen and oxygen atoms in total. The van der Waals surface area contributed by atoms with Gasteiger partial charge in [0.05, 0.1) is 6.20 Å². The summed E-state index contributed by atoms with van der Waals surface area (Å²) in [6, 6.07) is 4.87. The maximum Gasteiger partial charge on any atom is 0.189 e. The van der Waals surface area contributed by atoms with Crippen LogP contribution in [0.5, 0.6) is 5.75 Å². The Morgan fingerprint density at radius 3 is 2.62 bits per heavy atom. The molecule has 5 heteroatoms. The molecule has 0 radical (unpaired) electrons. The van der Waals surface area contributed by atoms with Gasteiger partial charge in [-0.15, -0.1) is 0 Å². The predicted octanol–water partition coefficient (Wildman–Crippen LogP) is 3.54. The number of pyridine rings is 1. The lowest BCUT2D eigenvalue weighted by Crippen LogP contribution is -2.22. The van der Waals surface area contributed by atoms with Gasteiger partial charge in [-0.05, 0) is 34.1 Å². The second-order valence-electron chi connectivity index (χ2n) is 4.80. The van der Waals surface area contributed by atoms with Crippen LogP contribution in [0.15, 0.2) is 22.9 Å². The molecule has 0 atom stereocenters. The third kappa shape index (κ3) is 6.25. The first kappa shape index (κ1) is 13.7. The van der Waals surface area contributed by atoms with E-state index in [-0.39, 0.29) is 0 Å². The molecule has 1 aromatic heterocycles. The van der Waals surface area contributed by atoms with Crippen LogP contribution in [0.2, 0.25) is 25.7 Å². The Morgan fingerprint density at radius 1 is 1.31 bits per heavy atom. The van der Waals surface area contributed by atoms with Gasteiger partial charge in [0.25, 0.3) is 0 Å². The van der Waals surface area contributed by atoms with E-state index < -0.39 is 8.07 Å². The van der Waals surface area contributed by atoms with Crippen molar-refractivity contribution in [3.63, 3.8) is 0 Å². The van der Waals surface area contributed by atoms with E-state index in [1.807, 2.05) is 12.1 Å². The summed E-state index contributed by atoms with van der Waals surface area (Å²) in [6.07, 6.45) is 1.67. The highest BCUT2D eigenvalue weighted by atomic mass is 79.9. The van der Waals surface area contributed by atoms with Crippen molar-refractivity contribution in [2.45, 2.75) is 25.7 Å². The number of rotatable bonds is 6. The lowest BCUT2D eigenvalue weighted by atomic mass is 10.5. The Morgan fingerprint density at radius 2 is 2.06 bits per heavy atom. The largest absolute Gasteiger partial charge is 0.466 e.